The van der Waals surface area contributed by atoms with E-state index in [4.69, 9.17) is 5.26 Å². The summed E-state index contributed by atoms with van der Waals surface area (Å²) in [6, 6.07) is 14.0. The maximum Gasteiger partial charge on any atom is 0.318 e. The van der Waals surface area contributed by atoms with Crippen LogP contribution in [0.1, 0.15) is 35.6 Å². The molecule has 1 aliphatic rings. The molecule has 0 aliphatic carbocycles. The van der Waals surface area contributed by atoms with Gasteiger partial charge >= 0.3 is 6.03 Å². The lowest BCUT2D eigenvalue weighted by Crippen LogP contribution is -2.45. The molecular formula is C20H22N4O. The average molecular weight is 334 g/mol. The molecular weight excluding hydrogens is 312 g/mol. The molecule has 2 aromatic rings. The zero-order chi connectivity index (χ0) is 17.6. The number of urea groups is 1. The Morgan fingerprint density at radius 2 is 1.76 bits per heavy atom. The normalized spacial score (nSPS) is 16.1. The van der Waals surface area contributed by atoms with Gasteiger partial charge in [-0.3, -0.25) is 4.98 Å². The summed E-state index contributed by atoms with van der Waals surface area (Å²) in [6.07, 6.45) is 4.96. The van der Waals surface area contributed by atoms with Crippen LogP contribution in [0.15, 0.2) is 48.8 Å². The Labute approximate surface area is 148 Å². The molecule has 5 nitrogen and oxygen atoms in total. The van der Waals surface area contributed by atoms with E-state index in [9.17, 15) is 4.79 Å². The molecule has 0 bridgehead atoms. The van der Waals surface area contributed by atoms with Gasteiger partial charge in [-0.05, 0) is 43.0 Å². The smallest absolute Gasteiger partial charge is 0.318 e. The second-order valence-corrected chi connectivity index (χ2v) is 6.46. The monoisotopic (exact) mass is 334 g/mol. The fraction of sp³-hybridized carbons (Fsp3) is 0.350. The van der Waals surface area contributed by atoms with Gasteiger partial charge in [-0.1, -0.05) is 29.8 Å². The first-order valence-electron chi connectivity index (χ1n) is 8.59. The van der Waals surface area contributed by atoms with E-state index in [-0.39, 0.29) is 18.0 Å². The van der Waals surface area contributed by atoms with Crippen LogP contribution < -0.4 is 5.32 Å². The molecule has 1 aromatic carbocycles. The number of aromatic nitrogens is 1. The van der Waals surface area contributed by atoms with E-state index >= 15 is 0 Å². The van der Waals surface area contributed by atoms with Crippen molar-refractivity contribution in [3.63, 3.8) is 0 Å². The number of carbonyl (C=O) groups is 1. The molecule has 1 aliphatic heterocycles. The number of amides is 2. The minimum atomic E-state index is -0.218. The van der Waals surface area contributed by atoms with Crippen molar-refractivity contribution in [3.05, 3.63) is 65.5 Å². The van der Waals surface area contributed by atoms with Crippen LogP contribution in [0.2, 0.25) is 0 Å². The quantitative estimate of drug-likeness (QED) is 0.935. The molecule has 2 amide bonds. The number of pyridine rings is 1. The summed E-state index contributed by atoms with van der Waals surface area (Å²) in [5, 5.41) is 12.2. The molecule has 0 saturated carbocycles. The second kappa shape index (κ2) is 7.80. The predicted molar refractivity (Wildman–Crippen MR) is 95.7 cm³/mol. The zero-order valence-electron chi connectivity index (χ0n) is 14.4. The molecule has 128 valence electrons. The van der Waals surface area contributed by atoms with E-state index in [1.807, 2.05) is 43.3 Å². The largest absolute Gasteiger partial charge is 0.327 e. The van der Waals surface area contributed by atoms with Crippen molar-refractivity contribution in [2.45, 2.75) is 25.8 Å². The first kappa shape index (κ1) is 17.0. The number of likely N-dealkylation sites (tertiary alicyclic amines) is 1. The number of hydrogen-bond acceptors (Lipinski definition) is 3. The zero-order valence-corrected chi connectivity index (χ0v) is 14.4. The van der Waals surface area contributed by atoms with Gasteiger partial charge in [0.25, 0.3) is 0 Å². The standard InChI is InChI=1S/C20H22N4O/c1-15-2-4-17(5-3-15)19(18-6-10-22-11-7-18)23-20(25)24-12-8-16(14-21)9-13-24/h2-7,10-11,16,19H,8-9,12-13H2,1H3,(H,23,25). The van der Waals surface area contributed by atoms with Crippen molar-refractivity contribution in [1.29, 1.82) is 5.26 Å². The molecule has 5 heteroatoms. The van der Waals surface area contributed by atoms with Crippen LogP contribution in [-0.2, 0) is 0 Å². The van der Waals surface area contributed by atoms with Gasteiger partial charge in [0.2, 0.25) is 0 Å². The SMILES string of the molecule is Cc1ccc(C(NC(=O)N2CCC(C#N)CC2)c2ccncc2)cc1. The summed E-state index contributed by atoms with van der Waals surface area (Å²) >= 11 is 0. The molecule has 1 fully saturated rings. The van der Waals surface area contributed by atoms with E-state index in [0.29, 0.717) is 13.1 Å². The Morgan fingerprint density at radius 1 is 1.16 bits per heavy atom. The lowest BCUT2D eigenvalue weighted by molar-refractivity contribution is 0.177. The number of nitrogens with one attached hydrogen (secondary N) is 1. The summed E-state index contributed by atoms with van der Waals surface area (Å²) in [7, 11) is 0. The van der Waals surface area contributed by atoms with Crippen molar-refractivity contribution >= 4 is 6.03 Å². The highest BCUT2D eigenvalue weighted by molar-refractivity contribution is 5.75. The van der Waals surface area contributed by atoms with Gasteiger partial charge in [0, 0.05) is 31.4 Å². The topological polar surface area (TPSA) is 69.0 Å². The van der Waals surface area contributed by atoms with Gasteiger partial charge in [-0.15, -0.1) is 0 Å². The fourth-order valence-corrected chi connectivity index (χ4v) is 3.10. The first-order valence-corrected chi connectivity index (χ1v) is 8.59. The van der Waals surface area contributed by atoms with Crippen LogP contribution in [0.4, 0.5) is 4.79 Å². The lowest BCUT2D eigenvalue weighted by Gasteiger charge is -2.31. The third kappa shape index (κ3) is 4.16. The average Bonchev–Trinajstić information content (AvgIpc) is 2.67. The van der Waals surface area contributed by atoms with Gasteiger partial charge in [0.15, 0.2) is 0 Å². The molecule has 1 saturated heterocycles. The Morgan fingerprint density at radius 3 is 2.36 bits per heavy atom. The van der Waals surface area contributed by atoms with Crippen molar-refractivity contribution in [3.8, 4) is 6.07 Å². The highest BCUT2D eigenvalue weighted by atomic mass is 16.2. The maximum atomic E-state index is 12.7. The Kier molecular flexibility index (Phi) is 5.30. The Hall–Kier alpha value is -2.87. The summed E-state index contributed by atoms with van der Waals surface area (Å²) in [4.78, 5) is 18.6. The number of piperidine rings is 1. The predicted octanol–water partition coefficient (Wildman–Crippen LogP) is 3.42. The third-order valence-corrected chi connectivity index (χ3v) is 4.68. The van der Waals surface area contributed by atoms with E-state index in [1.165, 1.54) is 5.56 Å². The number of aryl methyl sites for hydroxylation is 1. The highest BCUT2D eigenvalue weighted by Gasteiger charge is 2.25. The Balaban J connectivity index is 1.77. The second-order valence-electron chi connectivity index (χ2n) is 6.46. The van der Waals surface area contributed by atoms with Gasteiger partial charge in [0.1, 0.15) is 0 Å². The van der Waals surface area contributed by atoms with Crippen molar-refractivity contribution in [1.82, 2.24) is 15.2 Å². The van der Waals surface area contributed by atoms with Crippen LogP contribution in [0.25, 0.3) is 0 Å². The fourth-order valence-electron chi connectivity index (χ4n) is 3.10. The van der Waals surface area contributed by atoms with E-state index in [1.54, 1.807) is 17.3 Å². The lowest BCUT2D eigenvalue weighted by atomic mass is 9.98. The van der Waals surface area contributed by atoms with Gasteiger partial charge in [0.05, 0.1) is 12.1 Å². The van der Waals surface area contributed by atoms with E-state index in [0.717, 1.165) is 24.0 Å². The van der Waals surface area contributed by atoms with Gasteiger partial charge in [-0.25, -0.2) is 4.79 Å². The molecule has 1 N–H and O–H groups in total. The molecule has 25 heavy (non-hydrogen) atoms. The number of benzene rings is 1. The molecule has 0 spiro atoms. The molecule has 1 atom stereocenters. The van der Waals surface area contributed by atoms with Crippen LogP contribution in [-0.4, -0.2) is 29.0 Å². The van der Waals surface area contributed by atoms with Crippen LogP contribution >= 0.6 is 0 Å². The number of hydrogen-bond donors (Lipinski definition) is 1. The number of carbonyl (C=O) groups excluding carboxylic acids is 1. The summed E-state index contributed by atoms with van der Waals surface area (Å²) in [5.74, 6) is 0.0668. The minimum absolute atomic E-state index is 0.0668. The molecule has 2 heterocycles. The van der Waals surface area contributed by atoms with E-state index < -0.39 is 0 Å². The first-order chi connectivity index (χ1) is 12.2. The highest BCUT2D eigenvalue weighted by Crippen LogP contribution is 2.23. The van der Waals surface area contributed by atoms with Crippen molar-refractivity contribution in [2.24, 2.45) is 5.92 Å². The maximum absolute atomic E-state index is 12.7. The van der Waals surface area contributed by atoms with Gasteiger partial charge in [-0.2, -0.15) is 5.26 Å². The summed E-state index contributed by atoms with van der Waals surface area (Å²) in [6.45, 7) is 3.30. The van der Waals surface area contributed by atoms with Crippen molar-refractivity contribution < 1.29 is 4.79 Å². The number of nitrogens with zero attached hydrogens (tertiary/aromatic N) is 3. The van der Waals surface area contributed by atoms with Crippen molar-refractivity contribution in [2.75, 3.05) is 13.1 Å². The Bertz CT molecular complexity index is 744. The molecule has 1 unspecified atom stereocenters. The minimum Gasteiger partial charge on any atom is -0.327 e. The van der Waals surface area contributed by atoms with Crippen LogP contribution in [0.3, 0.4) is 0 Å². The molecule has 3 rings (SSSR count). The summed E-state index contributed by atoms with van der Waals surface area (Å²) < 4.78 is 0. The number of rotatable bonds is 3. The summed E-state index contributed by atoms with van der Waals surface area (Å²) in [5.41, 5.74) is 3.22. The number of nitriles is 1. The molecule has 1 aromatic heterocycles. The van der Waals surface area contributed by atoms with Crippen LogP contribution in [0, 0.1) is 24.2 Å². The third-order valence-electron chi connectivity index (χ3n) is 4.68. The van der Waals surface area contributed by atoms with E-state index in [2.05, 4.69) is 16.4 Å². The molecule has 0 radical (unpaired) electrons. The van der Waals surface area contributed by atoms with Crippen LogP contribution in [0.5, 0.6) is 0 Å². The van der Waals surface area contributed by atoms with Gasteiger partial charge < -0.3 is 10.2 Å².